The van der Waals surface area contributed by atoms with Crippen LogP contribution < -0.4 is 0 Å². The van der Waals surface area contributed by atoms with Crippen LogP contribution in [-0.4, -0.2) is 19.7 Å². The van der Waals surface area contributed by atoms with Gasteiger partial charge in [0.2, 0.25) is 0 Å². The third-order valence-electron chi connectivity index (χ3n) is 3.22. The first-order valence-corrected chi connectivity index (χ1v) is 6.16. The third kappa shape index (κ3) is 1.70. The standard InChI is InChI=1S/C14H16N4/c1-4-10-5-6-12-13(7-10)16-14(15-12)11-8-18(3)17-9(11)2/h5-8H,4H2,1-3H3,(H,15,16). The Labute approximate surface area is 106 Å². The molecule has 0 spiro atoms. The molecule has 0 amide bonds. The van der Waals surface area contributed by atoms with Crippen LogP contribution in [0.1, 0.15) is 18.2 Å². The summed E-state index contributed by atoms with van der Waals surface area (Å²) in [7, 11) is 1.92. The Morgan fingerprint density at radius 3 is 2.83 bits per heavy atom. The molecule has 2 aromatic heterocycles. The van der Waals surface area contributed by atoms with Gasteiger partial charge in [-0.1, -0.05) is 13.0 Å². The molecule has 18 heavy (non-hydrogen) atoms. The highest BCUT2D eigenvalue weighted by atomic mass is 15.3. The number of hydrogen-bond acceptors (Lipinski definition) is 2. The Morgan fingerprint density at radius 1 is 1.33 bits per heavy atom. The predicted molar refractivity (Wildman–Crippen MR) is 72.4 cm³/mol. The molecule has 0 bridgehead atoms. The molecule has 0 unspecified atom stereocenters. The zero-order valence-corrected chi connectivity index (χ0v) is 10.9. The van der Waals surface area contributed by atoms with Crippen molar-refractivity contribution in [3.05, 3.63) is 35.7 Å². The lowest BCUT2D eigenvalue weighted by molar-refractivity contribution is 0.756. The Hall–Kier alpha value is -2.10. The summed E-state index contributed by atoms with van der Waals surface area (Å²) in [5.41, 5.74) is 5.47. The lowest BCUT2D eigenvalue weighted by atomic mass is 10.1. The van der Waals surface area contributed by atoms with Gasteiger partial charge in [0.05, 0.1) is 22.3 Å². The van der Waals surface area contributed by atoms with Gasteiger partial charge in [-0.3, -0.25) is 4.68 Å². The molecule has 0 aliphatic heterocycles. The van der Waals surface area contributed by atoms with Gasteiger partial charge in [-0.25, -0.2) is 4.98 Å². The highest BCUT2D eigenvalue weighted by molar-refractivity contribution is 5.80. The minimum absolute atomic E-state index is 0.892. The number of aromatic nitrogens is 4. The first-order valence-electron chi connectivity index (χ1n) is 6.16. The van der Waals surface area contributed by atoms with E-state index in [-0.39, 0.29) is 0 Å². The molecule has 4 nitrogen and oxygen atoms in total. The van der Waals surface area contributed by atoms with Gasteiger partial charge >= 0.3 is 0 Å². The molecule has 1 aromatic carbocycles. The van der Waals surface area contributed by atoms with Crippen LogP contribution in [0.15, 0.2) is 24.4 Å². The highest BCUT2D eigenvalue weighted by Crippen LogP contribution is 2.23. The second-order valence-corrected chi connectivity index (χ2v) is 4.59. The van der Waals surface area contributed by atoms with Gasteiger partial charge in [-0.15, -0.1) is 0 Å². The van der Waals surface area contributed by atoms with E-state index >= 15 is 0 Å². The van der Waals surface area contributed by atoms with E-state index in [0.717, 1.165) is 34.5 Å². The maximum Gasteiger partial charge on any atom is 0.141 e. The maximum atomic E-state index is 4.62. The van der Waals surface area contributed by atoms with E-state index in [1.807, 2.05) is 24.9 Å². The minimum Gasteiger partial charge on any atom is -0.338 e. The molecule has 0 atom stereocenters. The highest BCUT2D eigenvalue weighted by Gasteiger charge is 2.10. The van der Waals surface area contributed by atoms with E-state index in [0.29, 0.717) is 0 Å². The molecular formula is C14H16N4. The topological polar surface area (TPSA) is 46.5 Å². The predicted octanol–water partition coefficient (Wildman–Crippen LogP) is 2.83. The van der Waals surface area contributed by atoms with Crippen molar-refractivity contribution < 1.29 is 0 Å². The summed E-state index contributed by atoms with van der Waals surface area (Å²) in [5, 5.41) is 4.35. The summed E-state index contributed by atoms with van der Waals surface area (Å²) in [5.74, 6) is 0.892. The van der Waals surface area contributed by atoms with E-state index < -0.39 is 0 Å². The van der Waals surface area contributed by atoms with Gasteiger partial charge < -0.3 is 4.98 Å². The largest absolute Gasteiger partial charge is 0.338 e. The number of aryl methyl sites for hydroxylation is 3. The average Bonchev–Trinajstić information content (AvgIpc) is 2.90. The van der Waals surface area contributed by atoms with Crippen LogP contribution in [0.4, 0.5) is 0 Å². The summed E-state index contributed by atoms with van der Waals surface area (Å²) >= 11 is 0. The van der Waals surface area contributed by atoms with Gasteiger partial charge in [-0.2, -0.15) is 5.10 Å². The molecule has 0 radical (unpaired) electrons. The van der Waals surface area contributed by atoms with Gasteiger partial charge in [0.1, 0.15) is 5.82 Å². The van der Waals surface area contributed by atoms with Crippen LogP contribution in [0.3, 0.4) is 0 Å². The fraction of sp³-hybridized carbons (Fsp3) is 0.286. The van der Waals surface area contributed by atoms with Crippen molar-refractivity contribution in [2.75, 3.05) is 0 Å². The molecule has 4 heteroatoms. The van der Waals surface area contributed by atoms with E-state index in [2.05, 4.69) is 40.2 Å². The van der Waals surface area contributed by atoms with Crippen LogP contribution in [0.2, 0.25) is 0 Å². The van der Waals surface area contributed by atoms with Crippen molar-refractivity contribution in [3.8, 4) is 11.4 Å². The number of nitrogens with zero attached hydrogens (tertiary/aromatic N) is 3. The number of imidazole rings is 1. The molecule has 3 rings (SSSR count). The van der Waals surface area contributed by atoms with Crippen molar-refractivity contribution in [1.29, 1.82) is 0 Å². The molecule has 1 N–H and O–H groups in total. The summed E-state index contributed by atoms with van der Waals surface area (Å²) in [6.45, 7) is 4.16. The van der Waals surface area contributed by atoms with E-state index in [9.17, 15) is 0 Å². The van der Waals surface area contributed by atoms with Crippen molar-refractivity contribution in [2.45, 2.75) is 20.3 Å². The Balaban J connectivity index is 2.16. The molecule has 2 heterocycles. The van der Waals surface area contributed by atoms with Crippen molar-refractivity contribution in [3.63, 3.8) is 0 Å². The summed E-state index contributed by atoms with van der Waals surface area (Å²) in [4.78, 5) is 8.00. The van der Waals surface area contributed by atoms with E-state index in [4.69, 9.17) is 0 Å². The van der Waals surface area contributed by atoms with Gasteiger partial charge in [0.25, 0.3) is 0 Å². The molecule has 92 valence electrons. The quantitative estimate of drug-likeness (QED) is 0.748. The summed E-state index contributed by atoms with van der Waals surface area (Å²) in [6.07, 6.45) is 3.03. The van der Waals surface area contributed by atoms with Crippen molar-refractivity contribution in [1.82, 2.24) is 19.7 Å². The smallest absolute Gasteiger partial charge is 0.141 e. The Morgan fingerprint density at radius 2 is 2.17 bits per heavy atom. The van der Waals surface area contributed by atoms with Crippen LogP contribution in [0, 0.1) is 6.92 Å². The van der Waals surface area contributed by atoms with Gasteiger partial charge in [0, 0.05) is 13.2 Å². The first kappa shape index (κ1) is 11.0. The van der Waals surface area contributed by atoms with Crippen LogP contribution >= 0.6 is 0 Å². The van der Waals surface area contributed by atoms with Crippen LogP contribution in [-0.2, 0) is 13.5 Å². The summed E-state index contributed by atoms with van der Waals surface area (Å²) < 4.78 is 1.81. The molecule has 3 aromatic rings. The summed E-state index contributed by atoms with van der Waals surface area (Å²) in [6, 6.07) is 6.36. The molecule has 0 aliphatic carbocycles. The van der Waals surface area contributed by atoms with Crippen molar-refractivity contribution >= 4 is 11.0 Å². The Bertz CT molecular complexity index is 706. The number of benzene rings is 1. The fourth-order valence-electron chi connectivity index (χ4n) is 2.24. The SMILES string of the molecule is CCc1ccc2nc(-c3cn(C)nc3C)[nH]c2c1. The van der Waals surface area contributed by atoms with Gasteiger partial charge in [0.15, 0.2) is 0 Å². The number of hydrogen-bond donors (Lipinski definition) is 1. The Kier molecular flexibility index (Phi) is 2.44. The number of nitrogens with one attached hydrogen (secondary N) is 1. The van der Waals surface area contributed by atoms with Crippen LogP contribution in [0.25, 0.3) is 22.4 Å². The lowest BCUT2D eigenvalue weighted by Gasteiger charge is -1.94. The third-order valence-corrected chi connectivity index (χ3v) is 3.22. The zero-order chi connectivity index (χ0) is 12.7. The van der Waals surface area contributed by atoms with E-state index in [1.54, 1.807) is 0 Å². The molecule has 0 saturated heterocycles. The normalized spacial score (nSPS) is 11.3. The van der Waals surface area contributed by atoms with Gasteiger partial charge in [-0.05, 0) is 31.0 Å². The number of fused-ring (bicyclic) bond motifs is 1. The lowest BCUT2D eigenvalue weighted by Crippen LogP contribution is -1.86. The minimum atomic E-state index is 0.892. The number of rotatable bonds is 2. The van der Waals surface area contributed by atoms with Crippen LogP contribution in [0.5, 0.6) is 0 Å². The second kappa shape index (κ2) is 3.98. The molecule has 0 aliphatic rings. The first-order chi connectivity index (χ1) is 8.67. The maximum absolute atomic E-state index is 4.62. The van der Waals surface area contributed by atoms with Crippen molar-refractivity contribution in [2.24, 2.45) is 7.05 Å². The van der Waals surface area contributed by atoms with E-state index in [1.165, 1.54) is 5.56 Å². The average molecular weight is 240 g/mol. The fourth-order valence-corrected chi connectivity index (χ4v) is 2.24. The molecule has 0 saturated carbocycles. The second-order valence-electron chi connectivity index (χ2n) is 4.59. The molecule has 0 fully saturated rings. The number of aromatic amines is 1. The molecular weight excluding hydrogens is 224 g/mol. The monoisotopic (exact) mass is 240 g/mol. The number of H-pyrrole nitrogens is 1. The zero-order valence-electron chi connectivity index (χ0n) is 10.9.